The van der Waals surface area contributed by atoms with E-state index in [0.29, 0.717) is 38.3 Å². The molecule has 0 saturated carbocycles. The van der Waals surface area contributed by atoms with Crippen LogP contribution in [0.5, 0.6) is 0 Å². The molecule has 1 N–H and O–H groups in total. The van der Waals surface area contributed by atoms with Crippen LogP contribution in [0.3, 0.4) is 0 Å². The number of hydrogen-bond donors (Lipinski definition) is 1. The molecule has 1 fully saturated rings. The second kappa shape index (κ2) is 8.55. The molecule has 1 atom stereocenters. The normalized spacial score (nSPS) is 17.9. The van der Waals surface area contributed by atoms with Crippen molar-refractivity contribution in [1.82, 2.24) is 10.2 Å². The topological polar surface area (TPSA) is 15.3 Å². The summed E-state index contributed by atoms with van der Waals surface area (Å²) in [6.45, 7) is 1.14. The Labute approximate surface area is 146 Å². The van der Waals surface area contributed by atoms with E-state index in [2.05, 4.69) is 5.32 Å². The van der Waals surface area contributed by atoms with E-state index in [1.54, 1.807) is 4.90 Å². The summed E-state index contributed by atoms with van der Waals surface area (Å²) in [5.74, 6) is 0. The van der Waals surface area contributed by atoms with Crippen LogP contribution < -0.4 is 5.32 Å². The molecule has 0 spiro atoms. The predicted molar refractivity (Wildman–Crippen MR) is 81.5 cm³/mol. The van der Waals surface area contributed by atoms with Gasteiger partial charge in [0.15, 0.2) is 0 Å². The van der Waals surface area contributed by atoms with Gasteiger partial charge in [-0.05, 0) is 30.2 Å². The Morgan fingerprint density at radius 1 is 0.920 bits per heavy atom. The summed E-state index contributed by atoms with van der Waals surface area (Å²) in [6, 6.07) is 0.656. The maximum absolute atomic E-state index is 13.0. The molecule has 0 aromatic heterocycles. The van der Waals surface area contributed by atoms with Crippen molar-refractivity contribution in [3.63, 3.8) is 0 Å². The maximum atomic E-state index is 13.0. The molecule has 1 aliphatic heterocycles. The fourth-order valence-electron chi connectivity index (χ4n) is 2.83. The van der Waals surface area contributed by atoms with Crippen LogP contribution >= 0.6 is 12.4 Å². The summed E-state index contributed by atoms with van der Waals surface area (Å²) in [6.07, 6.45) is -9.96. The molecule has 10 heteroatoms. The number of rotatable bonds is 4. The molecule has 1 heterocycles. The van der Waals surface area contributed by atoms with Crippen molar-refractivity contribution >= 4 is 12.4 Å². The van der Waals surface area contributed by atoms with Crippen molar-refractivity contribution in [3.8, 4) is 0 Å². The summed E-state index contributed by atoms with van der Waals surface area (Å²) in [5, 5.41) is 3.04. The third-order valence-corrected chi connectivity index (χ3v) is 3.97. The lowest BCUT2D eigenvalue weighted by Gasteiger charge is -2.35. The number of alkyl halides is 7. The number of nitrogens with zero attached hydrogens (tertiary/aromatic N) is 1. The number of nitrogens with one attached hydrogen (secondary N) is 1. The van der Waals surface area contributed by atoms with Crippen molar-refractivity contribution in [2.24, 2.45) is 0 Å². The SMILES string of the molecule is Cl.FCC[C@@H](c1cc(C(F)(F)F)cc(C(F)(F)F)c1)N1CCNCC1. The highest BCUT2D eigenvalue weighted by Gasteiger charge is 2.38. The Morgan fingerprint density at radius 2 is 1.40 bits per heavy atom. The first-order valence-electron chi connectivity index (χ1n) is 7.43. The van der Waals surface area contributed by atoms with E-state index in [1.165, 1.54) is 0 Å². The minimum absolute atomic E-state index is 0. The molecule has 2 nitrogen and oxygen atoms in total. The van der Waals surface area contributed by atoms with Gasteiger partial charge in [-0.1, -0.05) is 0 Å². The molecule has 1 aromatic carbocycles. The zero-order chi connectivity index (χ0) is 18.0. The molecule has 1 saturated heterocycles. The van der Waals surface area contributed by atoms with Crippen molar-refractivity contribution in [2.45, 2.75) is 24.8 Å². The molecule has 0 amide bonds. The number of hydrogen-bond acceptors (Lipinski definition) is 2. The summed E-state index contributed by atoms with van der Waals surface area (Å²) >= 11 is 0. The maximum Gasteiger partial charge on any atom is 0.416 e. The lowest BCUT2D eigenvalue weighted by atomic mass is 9.96. The van der Waals surface area contributed by atoms with Crippen molar-refractivity contribution < 1.29 is 30.7 Å². The molecule has 144 valence electrons. The summed E-state index contributed by atoms with van der Waals surface area (Å²) in [7, 11) is 0. The van der Waals surface area contributed by atoms with Crippen LogP contribution in [0.1, 0.15) is 29.2 Å². The summed E-state index contributed by atoms with van der Waals surface area (Å²) in [4.78, 5) is 1.71. The average molecular weight is 395 g/mol. The van der Waals surface area contributed by atoms with Crippen molar-refractivity contribution in [3.05, 3.63) is 34.9 Å². The van der Waals surface area contributed by atoms with Crippen LogP contribution in [-0.2, 0) is 12.4 Å². The van der Waals surface area contributed by atoms with Gasteiger partial charge in [0.1, 0.15) is 0 Å². The van der Waals surface area contributed by atoms with Gasteiger partial charge < -0.3 is 5.32 Å². The zero-order valence-electron chi connectivity index (χ0n) is 13.1. The van der Waals surface area contributed by atoms with Crippen LogP contribution in [0.2, 0.25) is 0 Å². The van der Waals surface area contributed by atoms with Crippen molar-refractivity contribution in [2.75, 3.05) is 32.9 Å². The van der Waals surface area contributed by atoms with Gasteiger partial charge in [0.05, 0.1) is 17.8 Å². The molecule has 0 aliphatic carbocycles. The molecule has 25 heavy (non-hydrogen) atoms. The fourth-order valence-corrected chi connectivity index (χ4v) is 2.83. The zero-order valence-corrected chi connectivity index (χ0v) is 13.9. The second-order valence-electron chi connectivity index (χ2n) is 5.62. The first-order chi connectivity index (χ1) is 11.1. The van der Waals surface area contributed by atoms with Crippen LogP contribution in [0.4, 0.5) is 30.7 Å². The fraction of sp³-hybridized carbons (Fsp3) is 0.600. The first-order valence-corrected chi connectivity index (χ1v) is 7.43. The van der Waals surface area contributed by atoms with Gasteiger partial charge in [-0.3, -0.25) is 9.29 Å². The van der Waals surface area contributed by atoms with Crippen LogP contribution in [0.15, 0.2) is 18.2 Å². The summed E-state index contributed by atoms with van der Waals surface area (Å²) < 4.78 is 90.6. The largest absolute Gasteiger partial charge is 0.416 e. The minimum atomic E-state index is -4.90. The molecule has 0 radical (unpaired) electrons. The Bertz CT molecular complexity index is 522. The first kappa shape index (κ1) is 22.0. The molecule has 2 rings (SSSR count). The third-order valence-electron chi connectivity index (χ3n) is 3.97. The van der Waals surface area contributed by atoms with Gasteiger partial charge >= 0.3 is 12.4 Å². The highest BCUT2D eigenvalue weighted by molar-refractivity contribution is 5.85. The Hall–Kier alpha value is -1.06. The van der Waals surface area contributed by atoms with Gasteiger partial charge in [-0.2, -0.15) is 26.3 Å². The molecule has 0 unspecified atom stereocenters. The third kappa shape index (κ3) is 5.72. The van der Waals surface area contributed by atoms with E-state index in [0.717, 1.165) is 0 Å². The van der Waals surface area contributed by atoms with Crippen molar-refractivity contribution in [1.29, 1.82) is 0 Å². The summed E-state index contributed by atoms with van der Waals surface area (Å²) in [5.41, 5.74) is -2.89. The number of piperazine rings is 1. The van der Waals surface area contributed by atoms with Gasteiger partial charge in [0.2, 0.25) is 0 Å². The molecular weight excluding hydrogens is 377 g/mol. The smallest absolute Gasteiger partial charge is 0.314 e. The molecule has 0 bridgehead atoms. The predicted octanol–water partition coefficient (Wildman–Crippen LogP) is 4.45. The van der Waals surface area contributed by atoms with Gasteiger partial charge in [0, 0.05) is 32.2 Å². The minimum Gasteiger partial charge on any atom is -0.314 e. The number of halogens is 8. The number of benzene rings is 1. The van der Waals surface area contributed by atoms with E-state index in [4.69, 9.17) is 0 Å². The lowest BCUT2D eigenvalue weighted by molar-refractivity contribution is -0.143. The van der Waals surface area contributed by atoms with Gasteiger partial charge in [-0.15, -0.1) is 12.4 Å². The monoisotopic (exact) mass is 394 g/mol. The van der Waals surface area contributed by atoms with Gasteiger partial charge in [0.25, 0.3) is 0 Å². The highest BCUT2D eigenvalue weighted by Crippen LogP contribution is 2.39. The molecule has 1 aromatic rings. The lowest BCUT2D eigenvalue weighted by Crippen LogP contribution is -2.45. The second-order valence-corrected chi connectivity index (χ2v) is 5.62. The van der Waals surface area contributed by atoms with E-state index >= 15 is 0 Å². The standard InChI is InChI=1S/C15H17F7N2.ClH/c16-2-1-13(24-5-3-23-4-6-24)10-7-11(14(17,18)19)9-12(8-10)15(20,21)22;/h7-9,13,23H,1-6H2;1H/t13-;/m0./s1. The van der Waals surface area contributed by atoms with E-state index < -0.39 is 36.2 Å². The quantitative estimate of drug-likeness (QED) is 0.759. The molecule has 1 aliphatic rings. The molecular formula is C15H18ClF7N2. The van der Waals surface area contributed by atoms with Crippen LogP contribution in [-0.4, -0.2) is 37.8 Å². The Morgan fingerprint density at radius 3 is 1.80 bits per heavy atom. The van der Waals surface area contributed by atoms with Gasteiger partial charge in [-0.25, -0.2) is 0 Å². The average Bonchev–Trinajstić information content (AvgIpc) is 2.51. The van der Waals surface area contributed by atoms with Crippen LogP contribution in [0, 0.1) is 0 Å². The van der Waals surface area contributed by atoms with E-state index in [9.17, 15) is 30.7 Å². The Balaban J connectivity index is 0.00000312. The van der Waals surface area contributed by atoms with E-state index in [1.807, 2.05) is 0 Å². The highest BCUT2D eigenvalue weighted by atomic mass is 35.5. The van der Waals surface area contributed by atoms with Crippen LogP contribution in [0.25, 0.3) is 0 Å². The van der Waals surface area contributed by atoms with E-state index in [-0.39, 0.29) is 30.5 Å². The Kier molecular flexibility index (Phi) is 7.52.